The molecule has 0 heterocycles. The van der Waals surface area contributed by atoms with E-state index >= 15 is 0 Å². The lowest BCUT2D eigenvalue weighted by atomic mass is 10.2. The number of nitrogens with one attached hydrogen (secondary N) is 1. The molecule has 6 heteroatoms. The van der Waals surface area contributed by atoms with Crippen LogP contribution >= 0.6 is 0 Å². The highest BCUT2D eigenvalue weighted by Gasteiger charge is 2.17. The number of nitrogens with two attached hydrogens (primary N) is 1. The summed E-state index contributed by atoms with van der Waals surface area (Å²) < 4.78 is 5.15. The Hall–Kier alpha value is -2.86. The Bertz CT molecular complexity index is 677. The van der Waals surface area contributed by atoms with Crippen LogP contribution in [-0.2, 0) is 22.7 Å². The smallest absolute Gasteiger partial charge is 0.325 e. The molecule has 0 saturated heterocycles. The first-order valence-corrected chi connectivity index (χ1v) is 8.05. The Kier molecular flexibility index (Phi) is 6.98. The van der Waals surface area contributed by atoms with Crippen LogP contribution in [0.1, 0.15) is 11.1 Å². The molecule has 6 nitrogen and oxygen atoms in total. The Morgan fingerprint density at radius 2 is 1.60 bits per heavy atom. The van der Waals surface area contributed by atoms with Gasteiger partial charge in [0, 0.05) is 20.1 Å². The van der Waals surface area contributed by atoms with E-state index in [1.165, 1.54) is 4.90 Å². The molecule has 0 aromatic heterocycles. The van der Waals surface area contributed by atoms with Crippen molar-refractivity contribution < 1.29 is 14.3 Å². The number of nitrogens with zero attached hydrogens (tertiary/aromatic N) is 1. The first-order valence-electron chi connectivity index (χ1n) is 8.05. The number of urea groups is 1. The highest BCUT2D eigenvalue weighted by Crippen LogP contribution is 2.03. The minimum Gasteiger partial charge on any atom is -0.460 e. The number of carbonyl (C=O) groups excluding carboxylic acids is 2. The van der Waals surface area contributed by atoms with Crippen molar-refractivity contribution in [3.8, 4) is 0 Å². The zero-order valence-electron chi connectivity index (χ0n) is 14.2. The van der Waals surface area contributed by atoms with Gasteiger partial charge in [0.15, 0.2) is 0 Å². The molecule has 3 N–H and O–H groups in total. The molecule has 25 heavy (non-hydrogen) atoms. The zero-order valence-corrected chi connectivity index (χ0v) is 14.2. The molecule has 0 aliphatic rings. The Balaban J connectivity index is 1.71. The van der Waals surface area contributed by atoms with Crippen molar-refractivity contribution in [3.63, 3.8) is 0 Å². The average molecular weight is 341 g/mol. The van der Waals surface area contributed by atoms with Crippen LogP contribution in [-0.4, -0.2) is 36.5 Å². The van der Waals surface area contributed by atoms with Gasteiger partial charge < -0.3 is 20.7 Å². The van der Waals surface area contributed by atoms with Crippen molar-refractivity contribution in [2.24, 2.45) is 5.73 Å². The third kappa shape index (κ3) is 6.27. The van der Waals surface area contributed by atoms with Crippen LogP contribution in [0.15, 0.2) is 60.7 Å². The predicted octanol–water partition coefficient (Wildman–Crippen LogP) is 1.90. The van der Waals surface area contributed by atoms with Gasteiger partial charge in [-0.25, -0.2) is 4.79 Å². The molecule has 1 atom stereocenters. The highest BCUT2D eigenvalue weighted by atomic mass is 16.5. The van der Waals surface area contributed by atoms with Gasteiger partial charge in [-0.05, 0) is 11.1 Å². The third-order valence-electron chi connectivity index (χ3n) is 3.61. The van der Waals surface area contributed by atoms with Gasteiger partial charge in [0.05, 0.1) is 0 Å². The largest absolute Gasteiger partial charge is 0.460 e. The normalized spacial score (nSPS) is 11.4. The van der Waals surface area contributed by atoms with Crippen molar-refractivity contribution in [2.45, 2.75) is 19.2 Å². The van der Waals surface area contributed by atoms with Crippen molar-refractivity contribution in [1.82, 2.24) is 10.2 Å². The van der Waals surface area contributed by atoms with Gasteiger partial charge in [0.25, 0.3) is 0 Å². The molecule has 0 aliphatic carbocycles. The molecule has 2 amide bonds. The van der Waals surface area contributed by atoms with Crippen LogP contribution in [0.3, 0.4) is 0 Å². The summed E-state index contributed by atoms with van der Waals surface area (Å²) >= 11 is 0. The summed E-state index contributed by atoms with van der Waals surface area (Å²) in [6.07, 6.45) is 0. The monoisotopic (exact) mass is 341 g/mol. The number of esters is 1. The summed E-state index contributed by atoms with van der Waals surface area (Å²) in [7, 11) is 1.68. The number of hydrogen-bond acceptors (Lipinski definition) is 4. The lowest BCUT2D eigenvalue weighted by molar-refractivity contribution is -0.146. The van der Waals surface area contributed by atoms with E-state index in [0.29, 0.717) is 6.54 Å². The van der Waals surface area contributed by atoms with E-state index in [2.05, 4.69) is 5.32 Å². The van der Waals surface area contributed by atoms with E-state index < -0.39 is 12.0 Å². The summed E-state index contributed by atoms with van der Waals surface area (Å²) in [6, 6.07) is 17.8. The number of carbonyl (C=O) groups is 2. The van der Waals surface area contributed by atoms with Crippen LogP contribution in [0.5, 0.6) is 0 Å². The number of amides is 2. The summed E-state index contributed by atoms with van der Waals surface area (Å²) in [5, 5.41) is 2.64. The van der Waals surface area contributed by atoms with E-state index in [1.54, 1.807) is 7.05 Å². The molecule has 0 unspecified atom stereocenters. The molecule has 0 saturated carbocycles. The maximum Gasteiger partial charge on any atom is 0.325 e. The first kappa shape index (κ1) is 18.5. The molecule has 132 valence electrons. The minimum atomic E-state index is -0.905. The molecule has 0 radical (unpaired) electrons. The number of rotatable bonds is 7. The lowest BCUT2D eigenvalue weighted by Gasteiger charge is -2.19. The Labute approximate surface area is 147 Å². The maximum absolute atomic E-state index is 12.1. The summed E-state index contributed by atoms with van der Waals surface area (Å²) in [5.74, 6) is -0.546. The Morgan fingerprint density at radius 3 is 2.20 bits per heavy atom. The fraction of sp³-hybridized carbons (Fsp3) is 0.263. The van der Waals surface area contributed by atoms with Gasteiger partial charge in [0.1, 0.15) is 12.6 Å². The quantitative estimate of drug-likeness (QED) is 0.753. The average Bonchev–Trinajstić information content (AvgIpc) is 2.65. The van der Waals surface area contributed by atoms with Crippen LogP contribution < -0.4 is 11.1 Å². The van der Waals surface area contributed by atoms with E-state index in [1.807, 2.05) is 60.7 Å². The van der Waals surface area contributed by atoms with E-state index in [4.69, 9.17) is 10.5 Å². The summed E-state index contributed by atoms with van der Waals surface area (Å²) in [4.78, 5) is 25.5. The second kappa shape index (κ2) is 9.44. The Morgan fingerprint density at radius 1 is 1.04 bits per heavy atom. The molecule has 0 fully saturated rings. The van der Waals surface area contributed by atoms with Gasteiger partial charge in [0.2, 0.25) is 0 Å². The van der Waals surface area contributed by atoms with Crippen LogP contribution in [0.4, 0.5) is 4.79 Å². The van der Waals surface area contributed by atoms with Crippen LogP contribution in [0.2, 0.25) is 0 Å². The number of ether oxygens (including phenoxy) is 1. The molecule has 0 spiro atoms. The highest BCUT2D eigenvalue weighted by molar-refractivity contribution is 5.78. The van der Waals surface area contributed by atoms with Gasteiger partial charge in [-0.2, -0.15) is 0 Å². The standard InChI is InChI=1S/C19H23N3O3/c1-22(13-15-8-4-2-5-9-15)19(24)21-12-17(20)18(23)25-14-16-10-6-3-7-11-16/h2-11,17H,12-14,20H2,1H3,(H,21,24)/t17-/m0/s1. The predicted molar refractivity (Wildman–Crippen MR) is 95.5 cm³/mol. The second-order valence-corrected chi connectivity index (χ2v) is 5.73. The molecule has 2 aromatic rings. The van der Waals surface area contributed by atoms with Gasteiger partial charge in [-0.15, -0.1) is 0 Å². The van der Waals surface area contributed by atoms with E-state index in [0.717, 1.165) is 11.1 Å². The molecular formula is C19H23N3O3. The number of benzene rings is 2. The summed E-state index contributed by atoms with van der Waals surface area (Å²) in [5.41, 5.74) is 7.68. The molecule has 2 aromatic carbocycles. The SMILES string of the molecule is CN(Cc1ccccc1)C(=O)NC[C@H](N)C(=O)OCc1ccccc1. The molecule has 0 bridgehead atoms. The van der Waals surface area contributed by atoms with Crippen LogP contribution in [0, 0.1) is 0 Å². The minimum absolute atomic E-state index is 0.0194. The van der Waals surface area contributed by atoms with Gasteiger partial charge in [-0.1, -0.05) is 60.7 Å². The topological polar surface area (TPSA) is 84.7 Å². The second-order valence-electron chi connectivity index (χ2n) is 5.73. The number of hydrogen-bond donors (Lipinski definition) is 2. The molecule has 2 rings (SSSR count). The van der Waals surface area contributed by atoms with Crippen molar-refractivity contribution in [3.05, 3.63) is 71.8 Å². The molecular weight excluding hydrogens is 318 g/mol. The zero-order chi connectivity index (χ0) is 18.1. The summed E-state index contributed by atoms with van der Waals surface area (Å²) in [6.45, 7) is 0.654. The fourth-order valence-electron chi connectivity index (χ4n) is 2.18. The van der Waals surface area contributed by atoms with Crippen LogP contribution in [0.25, 0.3) is 0 Å². The fourth-order valence-corrected chi connectivity index (χ4v) is 2.18. The van der Waals surface area contributed by atoms with Gasteiger partial charge >= 0.3 is 12.0 Å². The van der Waals surface area contributed by atoms with Gasteiger partial charge in [-0.3, -0.25) is 4.79 Å². The maximum atomic E-state index is 12.1. The van der Waals surface area contributed by atoms with Crippen molar-refractivity contribution in [1.29, 1.82) is 0 Å². The molecule has 0 aliphatic heterocycles. The van der Waals surface area contributed by atoms with E-state index in [-0.39, 0.29) is 19.2 Å². The van der Waals surface area contributed by atoms with E-state index in [9.17, 15) is 9.59 Å². The van der Waals surface area contributed by atoms with Crippen molar-refractivity contribution in [2.75, 3.05) is 13.6 Å². The third-order valence-corrected chi connectivity index (χ3v) is 3.61. The first-order chi connectivity index (χ1) is 12.1. The lowest BCUT2D eigenvalue weighted by Crippen LogP contribution is -2.46. The van der Waals surface area contributed by atoms with Crippen molar-refractivity contribution >= 4 is 12.0 Å².